The number of ether oxygens (including phenoxy) is 2. The number of benzene rings is 2. The summed E-state index contributed by atoms with van der Waals surface area (Å²) in [5.74, 6) is 0.0913. The van der Waals surface area contributed by atoms with Crippen LogP contribution in [0.2, 0.25) is 0 Å². The number of fused-ring (bicyclic) bond motifs is 1. The molecule has 0 atom stereocenters. The molecule has 0 aliphatic rings. The van der Waals surface area contributed by atoms with Gasteiger partial charge in [0.15, 0.2) is 23.1 Å². The summed E-state index contributed by atoms with van der Waals surface area (Å²) < 4.78 is 43.7. The smallest absolute Gasteiger partial charge is 0.316 e. The molecule has 0 radical (unpaired) electrons. The van der Waals surface area contributed by atoms with E-state index in [9.17, 15) is 13.6 Å². The van der Waals surface area contributed by atoms with Crippen LogP contribution in [0, 0.1) is 0 Å². The molecule has 0 aliphatic carbocycles. The minimum absolute atomic E-state index is 0.0880. The number of methoxy groups -OCH3 is 2. The molecule has 1 N–H and O–H groups in total. The summed E-state index contributed by atoms with van der Waals surface area (Å²) in [5, 5.41) is 6.46. The number of carbonyl (C=O) groups excluding carboxylic acids is 1. The summed E-state index contributed by atoms with van der Waals surface area (Å²) in [4.78, 5) is 20.4. The van der Waals surface area contributed by atoms with Crippen LogP contribution in [0.1, 0.15) is 34.3 Å². The Balaban J connectivity index is 1.40. The van der Waals surface area contributed by atoms with Crippen LogP contribution < -0.4 is 14.8 Å². The number of imidazole rings is 1. The van der Waals surface area contributed by atoms with Crippen LogP contribution in [-0.4, -0.2) is 46.4 Å². The molecule has 11 heteroatoms. The second-order valence-corrected chi connectivity index (χ2v) is 7.06. The normalized spacial score (nSPS) is 11.2. The minimum atomic E-state index is -2.77. The quantitative estimate of drug-likeness (QED) is 0.411. The Morgan fingerprint density at radius 1 is 1.12 bits per heavy atom. The molecule has 2 aromatic carbocycles. The van der Waals surface area contributed by atoms with E-state index in [0.29, 0.717) is 35.5 Å². The largest absolute Gasteiger partial charge is 0.493 e. The van der Waals surface area contributed by atoms with Gasteiger partial charge in [-0.2, -0.15) is 4.98 Å². The highest BCUT2D eigenvalue weighted by molar-refractivity contribution is 5.89. The van der Waals surface area contributed by atoms with Crippen molar-refractivity contribution in [3.05, 3.63) is 65.6 Å². The van der Waals surface area contributed by atoms with E-state index in [1.807, 2.05) is 12.1 Å². The number of halogens is 2. The van der Waals surface area contributed by atoms with Crippen LogP contribution in [0.25, 0.3) is 11.0 Å². The van der Waals surface area contributed by atoms with E-state index in [1.54, 1.807) is 44.6 Å². The predicted octanol–water partition coefficient (Wildman–Crippen LogP) is 3.39. The van der Waals surface area contributed by atoms with Gasteiger partial charge < -0.3 is 23.9 Å². The van der Waals surface area contributed by atoms with E-state index in [1.165, 1.54) is 4.57 Å². The summed E-state index contributed by atoms with van der Waals surface area (Å²) in [6, 6.07) is 12.2. The molecule has 9 nitrogen and oxygen atoms in total. The Hall–Kier alpha value is -4.02. The summed E-state index contributed by atoms with van der Waals surface area (Å²) in [7, 11) is 3.10. The van der Waals surface area contributed by atoms with Crippen molar-refractivity contribution < 1.29 is 27.6 Å². The molecular formula is C22H21F2N5O4. The fourth-order valence-corrected chi connectivity index (χ4v) is 3.41. The third-order valence-electron chi connectivity index (χ3n) is 4.99. The highest BCUT2D eigenvalue weighted by atomic mass is 19.3. The third-order valence-corrected chi connectivity index (χ3v) is 4.99. The molecule has 172 valence electrons. The molecule has 0 aliphatic heterocycles. The molecule has 1 amide bonds. The highest BCUT2D eigenvalue weighted by Crippen LogP contribution is 2.27. The molecule has 0 unspecified atom stereocenters. The molecule has 0 bridgehead atoms. The zero-order valence-electron chi connectivity index (χ0n) is 17.9. The van der Waals surface area contributed by atoms with Gasteiger partial charge in [0.1, 0.15) is 0 Å². The van der Waals surface area contributed by atoms with Crippen molar-refractivity contribution in [3.8, 4) is 11.5 Å². The first kappa shape index (κ1) is 22.2. The second kappa shape index (κ2) is 9.63. The first-order chi connectivity index (χ1) is 16.0. The van der Waals surface area contributed by atoms with E-state index >= 15 is 0 Å². The van der Waals surface area contributed by atoms with Crippen molar-refractivity contribution in [2.24, 2.45) is 0 Å². The maximum absolute atomic E-state index is 13.4. The third kappa shape index (κ3) is 4.76. The van der Waals surface area contributed by atoms with Crippen LogP contribution in [0.3, 0.4) is 0 Å². The number of amides is 1. The predicted molar refractivity (Wildman–Crippen MR) is 114 cm³/mol. The number of carbonyl (C=O) groups is 1. The Bertz CT molecular complexity index is 1270. The van der Waals surface area contributed by atoms with Crippen molar-refractivity contribution in [1.82, 2.24) is 25.0 Å². The number of hydrogen-bond acceptors (Lipinski definition) is 7. The number of para-hydroxylation sites is 2. The van der Waals surface area contributed by atoms with Gasteiger partial charge in [0.05, 0.1) is 31.8 Å². The molecule has 2 heterocycles. The van der Waals surface area contributed by atoms with E-state index in [2.05, 4.69) is 20.4 Å². The second-order valence-electron chi connectivity index (χ2n) is 7.06. The summed E-state index contributed by atoms with van der Waals surface area (Å²) in [5.41, 5.74) is 1.88. The lowest BCUT2D eigenvalue weighted by atomic mass is 10.1. The molecule has 4 rings (SSSR count). The Morgan fingerprint density at radius 3 is 2.67 bits per heavy atom. The lowest BCUT2D eigenvalue weighted by Gasteiger charge is -2.09. The van der Waals surface area contributed by atoms with Gasteiger partial charge in [-0.05, 0) is 36.2 Å². The Kier molecular flexibility index (Phi) is 6.48. The standard InChI is InChI=1S/C22H21F2N5O4/c1-31-16-8-7-13(11-17(16)32-2)9-10-25-21(30)22-27-18(28-33-22)12-29-15-6-4-3-5-14(15)26-20(29)19(23)24/h3-8,11,19H,9-10,12H2,1-2H3,(H,25,30). The fourth-order valence-electron chi connectivity index (χ4n) is 3.41. The average molecular weight is 457 g/mol. The summed E-state index contributed by atoms with van der Waals surface area (Å²) in [6.45, 7) is 0.205. The Labute approximate surface area is 187 Å². The zero-order valence-corrected chi connectivity index (χ0v) is 17.9. The average Bonchev–Trinajstić information content (AvgIpc) is 3.44. The van der Waals surface area contributed by atoms with Gasteiger partial charge in [0.25, 0.3) is 6.43 Å². The lowest BCUT2D eigenvalue weighted by molar-refractivity contribution is 0.0910. The van der Waals surface area contributed by atoms with Crippen molar-refractivity contribution in [3.63, 3.8) is 0 Å². The van der Waals surface area contributed by atoms with Crippen molar-refractivity contribution in [2.75, 3.05) is 20.8 Å². The SMILES string of the molecule is COc1ccc(CCNC(=O)c2nc(Cn3c(C(F)F)nc4ccccc43)no2)cc1OC. The van der Waals surface area contributed by atoms with Gasteiger partial charge in [0, 0.05) is 6.54 Å². The van der Waals surface area contributed by atoms with Crippen LogP contribution >= 0.6 is 0 Å². The van der Waals surface area contributed by atoms with Gasteiger partial charge >= 0.3 is 11.8 Å². The molecule has 4 aromatic rings. The number of nitrogens with one attached hydrogen (secondary N) is 1. The Morgan fingerprint density at radius 2 is 1.91 bits per heavy atom. The molecule has 0 saturated heterocycles. The van der Waals surface area contributed by atoms with Gasteiger partial charge in [-0.3, -0.25) is 4.79 Å². The summed E-state index contributed by atoms with van der Waals surface area (Å²) in [6.07, 6.45) is -2.24. The number of aromatic nitrogens is 4. The topological polar surface area (TPSA) is 104 Å². The van der Waals surface area contributed by atoms with E-state index < -0.39 is 18.2 Å². The van der Waals surface area contributed by atoms with Crippen LogP contribution in [-0.2, 0) is 13.0 Å². The maximum Gasteiger partial charge on any atom is 0.316 e. The van der Waals surface area contributed by atoms with Crippen LogP contribution in [0.15, 0.2) is 47.0 Å². The van der Waals surface area contributed by atoms with Gasteiger partial charge in [-0.15, -0.1) is 0 Å². The first-order valence-corrected chi connectivity index (χ1v) is 10.0. The van der Waals surface area contributed by atoms with Crippen LogP contribution in [0.5, 0.6) is 11.5 Å². The number of nitrogens with zero attached hydrogens (tertiary/aromatic N) is 4. The number of alkyl halides is 2. The molecule has 0 fully saturated rings. The lowest BCUT2D eigenvalue weighted by Crippen LogP contribution is -2.26. The van der Waals surface area contributed by atoms with E-state index in [-0.39, 0.29) is 18.3 Å². The minimum Gasteiger partial charge on any atom is -0.493 e. The highest BCUT2D eigenvalue weighted by Gasteiger charge is 2.21. The fraction of sp³-hybridized carbons (Fsp3) is 0.273. The van der Waals surface area contributed by atoms with E-state index in [0.717, 1.165) is 5.56 Å². The first-order valence-electron chi connectivity index (χ1n) is 10.0. The number of rotatable bonds is 9. The zero-order chi connectivity index (χ0) is 23.4. The van der Waals surface area contributed by atoms with Crippen molar-refractivity contribution >= 4 is 16.9 Å². The maximum atomic E-state index is 13.4. The summed E-state index contributed by atoms with van der Waals surface area (Å²) >= 11 is 0. The monoisotopic (exact) mass is 457 g/mol. The van der Waals surface area contributed by atoms with Gasteiger partial charge in [-0.1, -0.05) is 23.4 Å². The number of hydrogen-bond donors (Lipinski definition) is 1. The van der Waals surface area contributed by atoms with Crippen LogP contribution in [0.4, 0.5) is 8.78 Å². The van der Waals surface area contributed by atoms with Crippen molar-refractivity contribution in [1.29, 1.82) is 0 Å². The molecule has 33 heavy (non-hydrogen) atoms. The molecule has 0 saturated carbocycles. The molecular weight excluding hydrogens is 436 g/mol. The molecule has 0 spiro atoms. The van der Waals surface area contributed by atoms with Crippen molar-refractivity contribution in [2.45, 2.75) is 19.4 Å². The molecule has 2 aromatic heterocycles. The van der Waals surface area contributed by atoms with Gasteiger partial charge in [-0.25, -0.2) is 13.8 Å². The van der Waals surface area contributed by atoms with Gasteiger partial charge in [0.2, 0.25) is 0 Å². The van der Waals surface area contributed by atoms with E-state index in [4.69, 9.17) is 14.0 Å².